The molecule has 4 aromatic rings. The predicted molar refractivity (Wildman–Crippen MR) is 93.7 cm³/mol. The molecule has 3 aromatic carbocycles. The van der Waals surface area contributed by atoms with E-state index in [0.717, 1.165) is 27.2 Å². The van der Waals surface area contributed by atoms with Gasteiger partial charge < -0.3 is 4.98 Å². The number of aromatic nitrogens is 2. The van der Waals surface area contributed by atoms with E-state index in [-0.39, 0.29) is 0 Å². The molecular formula is C19H11BrN2. The average molecular weight is 347 g/mol. The molecule has 0 fully saturated rings. The highest BCUT2D eigenvalue weighted by atomic mass is 79.9. The summed E-state index contributed by atoms with van der Waals surface area (Å²) in [5, 5.41) is 2.57. The van der Waals surface area contributed by atoms with E-state index in [4.69, 9.17) is 4.98 Å². The molecule has 104 valence electrons. The van der Waals surface area contributed by atoms with Crippen molar-refractivity contribution in [2.75, 3.05) is 0 Å². The first-order valence-corrected chi connectivity index (χ1v) is 7.99. The predicted octanol–water partition coefficient (Wildman–Crippen LogP) is 5.64. The van der Waals surface area contributed by atoms with E-state index >= 15 is 0 Å². The van der Waals surface area contributed by atoms with Crippen LogP contribution in [-0.4, -0.2) is 9.97 Å². The SMILES string of the molecule is Brc1ccccc1-c1nc2c([nH]1)-c1cccc3cccc-2c13. The Bertz CT molecular complexity index is 990. The van der Waals surface area contributed by atoms with Gasteiger partial charge in [-0.3, -0.25) is 0 Å². The van der Waals surface area contributed by atoms with E-state index in [2.05, 4.69) is 63.4 Å². The Morgan fingerprint density at radius 1 is 0.773 bits per heavy atom. The second kappa shape index (κ2) is 4.31. The van der Waals surface area contributed by atoms with E-state index in [9.17, 15) is 0 Å². The number of rotatable bonds is 1. The summed E-state index contributed by atoms with van der Waals surface area (Å²) in [7, 11) is 0. The minimum Gasteiger partial charge on any atom is -0.337 e. The molecule has 0 saturated carbocycles. The highest BCUT2D eigenvalue weighted by Crippen LogP contribution is 2.46. The Hall–Kier alpha value is -2.39. The van der Waals surface area contributed by atoms with Crippen LogP contribution in [0.4, 0.5) is 0 Å². The highest BCUT2D eigenvalue weighted by molar-refractivity contribution is 9.10. The molecule has 1 aliphatic carbocycles. The summed E-state index contributed by atoms with van der Waals surface area (Å²) in [6.07, 6.45) is 0. The van der Waals surface area contributed by atoms with Gasteiger partial charge in [0.15, 0.2) is 0 Å². The topological polar surface area (TPSA) is 28.7 Å². The number of imidazole rings is 1. The zero-order valence-electron chi connectivity index (χ0n) is 11.6. The second-order valence-electron chi connectivity index (χ2n) is 5.50. The molecule has 22 heavy (non-hydrogen) atoms. The third-order valence-corrected chi connectivity index (χ3v) is 4.95. The molecule has 0 aliphatic heterocycles. The fourth-order valence-corrected chi connectivity index (χ4v) is 3.76. The second-order valence-corrected chi connectivity index (χ2v) is 6.35. The van der Waals surface area contributed by atoms with Crippen LogP contribution >= 0.6 is 15.9 Å². The lowest BCUT2D eigenvalue weighted by atomic mass is 10.0. The van der Waals surface area contributed by atoms with Gasteiger partial charge in [-0.05, 0) is 11.5 Å². The van der Waals surface area contributed by atoms with Gasteiger partial charge in [0.1, 0.15) is 5.82 Å². The minimum atomic E-state index is 0.906. The number of fused-ring (bicyclic) bond motifs is 3. The van der Waals surface area contributed by atoms with Crippen molar-refractivity contribution in [3.8, 4) is 33.9 Å². The molecule has 0 saturated heterocycles. The molecule has 0 spiro atoms. The zero-order chi connectivity index (χ0) is 14.7. The molecular weight excluding hydrogens is 336 g/mol. The summed E-state index contributed by atoms with van der Waals surface area (Å²) in [5.41, 5.74) is 5.73. The molecule has 1 N–H and O–H groups in total. The lowest BCUT2D eigenvalue weighted by Crippen LogP contribution is -1.84. The molecule has 0 amide bonds. The van der Waals surface area contributed by atoms with E-state index in [1.165, 1.54) is 21.9 Å². The van der Waals surface area contributed by atoms with Gasteiger partial charge in [-0.15, -0.1) is 0 Å². The fourth-order valence-electron chi connectivity index (χ4n) is 3.29. The van der Waals surface area contributed by atoms with Crippen molar-refractivity contribution in [3.05, 3.63) is 65.1 Å². The molecule has 0 atom stereocenters. The van der Waals surface area contributed by atoms with Crippen molar-refractivity contribution in [2.24, 2.45) is 0 Å². The summed E-state index contributed by atoms with van der Waals surface area (Å²) < 4.78 is 1.05. The molecule has 0 bridgehead atoms. The minimum absolute atomic E-state index is 0.906. The molecule has 2 nitrogen and oxygen atoms in total. The van der Waals surface area contributed by atoms with Crippen molar-refractivity contribution >= 4 is 26.7 Å². The van der Waals surface area contributed by atoms with Gasteiger partial charge in [0.25, 0.3) is 0 Å². The Morgan fingerprint density at radius 3 is 2.32 bits per heavy atom. The van der Waals surface area contributed by atoms with Gasteiger partial charge in [-0.2, -0.15) is 0 Å². The number of H-pyrrole nitrogens is 1. The normalized spacial score (nSPS) is 11.9. The number of halogens is 1. The maximum atomic E-state index is 4.88. The maximum Gasteiger partial charge on any atom is 0.139 e. The van der Waals surface area contributed by atoms with Crippen molar-refractivity contribution in [1.82, 2.24) is 9.97 Å². The quantitative estimate of drug-likeness (QED) is 0.418. The number of hydrogen-bond donors (Lipinski definition) is 1. The van der Waals surface area contributed by atoms with Crippen LogP contribution in [0.25, 0.3) is 44.7 Å². The van der Waals surface area contributed by atoms with Crippen LogP contribution < -0.4 is 0 Å². The van der Waals surface area contributed by atoms with Crippen molar-refractivity contribution in [1.29, 1.82) is 0 Å². The third-order valence-electron chi connectivity index (χ3n) is 4.26. The van der Waals surface area contributed by atoms with Crippen molar-refractivity contribution in [2.45, 2.75) is 0 Å². The van der Waals surface area contributed by atoms with Crippen LogP contribution in [0.2, 0.25) is 0 Å². The molecule has 0 radical (unpaired) electrons. The first-order chi connectivity index (χ1) is 10.8. The van der Waals surface area contributed by atoms with Crippen LogP contribution in [0.1, 0.15) is 0 Å². The number of hydrogen-bond acceptors (Lipinski definition) is 1. The number of nitrogens with zero attached hydrogens (tertiary/aromatic N) is 1. The number of aromatic amines is 1. The average Bonchev–Trinajstić information content (AvgIpc) is 3.09. The van der Waals surface area contributed by atoms with Gasteiger partial charge in [-0.1, -0.05) is 70.5 Å². The maximum absolute atomic E-state index is 4.88. The molecule has 1 aromatic heterocycles. The summed E-state index contributed by atoms with van der Waals surface area (Å²) in [6, 6.07) is 21.0. The standard InChI is InChI=1S/C19H11BrN2/c20-15-10-2-1-7-12(15)19-21-17-13-8-3-5-11-6-4-9-14(16(11)13)18(17)22-19/h1-10H,(H,21,22). The van der Waals surface area contributed by atoms with E-state index in [1.807, 2.05) is 18.2 Å². The van der Waals surface area contributed by atoms with Crippen LogP contribution in [0, 0.1) is 0 Å². The van der Waals surface area contributed by atoms with E-state index < -0.39 is 0 Å². The first kappa shape index (κ1) is 12.2. The van der Waals surface area contributed by atoms with Crippen LogP contribution in [-0.2, 0) is 0 Å². The number of benzene rings is 3. The van der Waals surface area contributed by atoms with Gasteiger partial charge in [0, 0.05) is 26.5 Å². The van der Waals surface area contributed by atoms with E-state index in [0.29, 0.717) is 0 Å². The van der Waals surface area contributed by atoms with Crippen LogP contribution in [0.3, 0.4) is 0 Å². The largest absolute Gasteiger partial charge is 0.337 e. The highest BCUT2D eigenvalue weighted by Gasteiger charge is 2.25. The Kier molecular flexibility index (Phi) is 2.38. The Labute approximate surface area is 136 Å². The number of nitrogens with one attached hydrogen (secondary N) is 1. The third kappa shape index (κ3) is 1.52. The smallest absolute Gasteiger partial charge is 0.139 e. The van der Waals surface area contributed by atoms with Gasteiger partial charge in [-0.25, -0.2) is 4.98 Å². The van der Waals surface area contributed by atoms with Crippen molar-refractivity contribution in [3.63, 3.8) is 0 Å². The summed E-state index contributed by atoms with van der Waals surface area (Å²) in [6.45, 7) is 0. The lowest BCUT2D eigenvalue weighted by Gasteiger charge is -2.03. The van der Waals surface area contributed by atoms with Crippen molar-refractivity contribution < 1.29 is 0 Å². The van der Waals surface area contributed by atoms with Gasteiger partial charge >= 0.3 is 0 Å². The monoisotopic (exact) mass is 346 g/mol. The van der Waals surface area contributed by atoms with Crippen LogP contribution in [0.15, 0.2) is 65.1 Å². The fraction of sp³-hybridized carbons (Fsp3) is 0. The van der Waals surface area contributed by atoms with Gasteiger partial charge in [0.05, 0.1) is 11.4 Å². The summed E-state index contributed by atoms with van der Waals surface area (Å²) in [5.74, 6) is 0.906. The molecule has 3 heteroatoms. The summed E-state index contributed by atoms with van der Waals surface area (Å²) >= 11 is 3.61. The van der Waals surface area contributed by atoms with Crippen LogP contribution in [0.5, 0.6) is 0 Å². The van der Waals surface area contributed by atoms with Gasteiger partial charge in [0.2, 0.25) is 0 Å². The molecule has 1 heterocycles. The summed E-state index contributed by atoms with van der Waals surface area (Å²) in [4.78, 5) is 8.39. The molecule has 1 aliphatic rings. The zero-order valence-corrected chi connectivity index (χ0v) is 13.2. The van der Waals surface area contributed by atoms with E-state index in [1.54, 1.807) is 0 Å². The Morgan fingerprint density at radius 2 is 1.50 bits per heavy atom. The molecule has 5 rings (SSSR count). The Balaban J connectivity index is 1.81. The lowest BCUT2D eigenvalue weighted by molar-refractivity contribution is 1.30. The first-order valence-electron chi connectivity index (χ1n) is 7.20. The molecule has 0 unspecified atom stereocenters.